The Morgan fingerprint density at radius 3 is 2.65 bits per heavy atom. The minimum atomic E-state index is 0.230. The lowest BCUT2D eigenvalue weighted by Gasteiger charge is -2.39. The number of nitrogens with one attached hydrogen (secondary N) is 1. The average molecular weight is 279 g/mol. The Bertz CT molecular complexity index is 334. The zero-order valence-electron chi connectivity index (χ0n) is 13.9. The predicted octanol–water partition coefficient (Wildman–Crippen LogP) is 4.45. The lowest BCUT2D eigenvalue weighted by molar-refractivity contribution is -0.0869. The molecule has 116 valence electrons. The van der Waals surface area contributed by atoms with Gasteiger partial charge in [0.1, 0.15) is 0 Å². The van der Waals surface area contributed by atoms with Crippen molar-refractivity contribution in [1.29, 1.82) is 0 Å². The zero-order valence-corrected chi connectivity index (χ0v) is 13.9. The molecule has 1 unspecified atom stereocenters. The lowest BCUT2D eigenvalue weighted by atomic mass is 9.81. The zero-order chi connectivity index (χ0) is 14.6. The molecule has 2 rings (SSSR count). The van der Waals surface area contributed by atoms with Gasteiger partial charge >= 0.3 is 0 Å². The Hall–Kier alpha value is -0.340. The van der Waals surface area contributed by atoms with Gasteiger partial charge in [0.2, 0.25) is 0 Å². The number of ether oxygens (including phenoxy) is 1. The van der Waals surface area contributed by atoms with E-state index in [2.05, 4.69) is 39.1 Å². The Balaban J connectivity index is 1.80. The van der Waals surface area contributed by atoms with E-state index >= 15 is 0 Å². The van der Waals surface area contributed by atoms with Crippen LogP contribution in [0.5, 0.6) is 0 Å². The fraction of sp³-hybridized carbons (Fsp3) is 0.889. The van der Waals surface area contributed by atoms with E-state index in [1.165, 1.54) is 38.5 Å². The van der Waals surface area contributed by atoms with Crippen molar-refractivity contribution in [3.63, 3.8) is 0 Å². The maximum absolute atomic E-state index is 6.14. The topological polar surface area (TPSA) is 21.3 Å². The Kier molecular flexibility index (Phi) is 5.30. The summed E-state index contributed by atoms with van der Waals surface area (Å²) in [7, 11) is 0. The van der Waals surface area contributed by atoms with E-state index in [0.717, 1.165) is 25.5 Å². The first kappa shape index (κ1) is 16.0. The molecule has 0 amide bonds. The molecule has 1 heterocycles. The molecule has 1 saturated carbocycles. The summed E-state index contributed by atoms with van der Waals surface area (Å²) >= 11 is 0. The molecule has 0 aromatic rings. The van der Waals surface area contributed by atoms with Gasteiger partial charge in [0, 0.05) is 12.1 Å². The minimum absolute atomic E-state index is 0.230. The normalized spacial score (nSPS) is 27.2. The Labute approximate surface area is 125 Å². The van der Waals surface area contributed by atoms with E-state index in [9.17, 15) is 0 Å². The molecule has 1 aliphatic carbocycles. The van der Waals surface area contributed by atoms with Gasteiger partial charge in [-0.25, -0.2) is 0 Å². The van der Waals surface area contributed by atoms with Gasteiger partial charge in [-0.15, -0.1) is 0 Å². The molecule has 2 aliphatic rings. The van der Waals surface area contributed by atoms with Gasteiger partial charge in [-0.2, -0.15) is 0 Å². The van der Waals surface area contributed by atoms with Crippen molar-refractivity contribution in [1.82, 2.24) is 5.32 Å². The monoisotopic (exact) mass is 279 g/mol. The van der Waals surface area contributed by atoms with Crippen LogP contribution in [0.15, 0.2) is 11.6 Å². The van der Waals surface area contributed by atoms with Gasteiger partial charge in [0.05, 0.1) is 5.60 Å². The fourth-order valence-electron chi connectivity index (χ4n) is 3.70. The quantitative estimate of drug-likeness (QED) is 0.606. The van der Waals surface area contributed by atoms with Crippen LogP contribution in [0.25, 0.3) is 0 Å². The average Bonchev–Trinajstić information content (AvgIpc) is 2.81. The fourth-order valence-corrected chi connectivity index (χ4v) is 3.70. The molecule has 2 heteroatoms. The van der Waals surface area contributed by atoms with Gasteiger partial charge in [-0.3, -0.25) is 0 Å². The highest BCUT2D eigenvalue weighted by molar-refractivity contribution is 5.08. The number of hydrogen-bond donors (Lipinski definition) is 1. The molecular formula is C18H33NO. The molecule has 1 spiro atoms. The Morgan fingerprint density at radius 2 is 2.00 bits per heavy atom. The van der Waals surface area contributed by atoms with Crippen molar-refractivity contribution in [2.45, 2.75) is 83.8 Å². The Morgan fingerprint density at radius 1 is 1.30 bits per heavy atom. The van der Waals surface area contributed by atoms with Crippen LogP contribution in [0.1, 0.15) is 72.6 Å². The molecule has 0 radical (unpaired) electrons. The molecule has 1 atom stereocenters. The summed E-state index contributed by atoms with van der Waals surface area (Å²) in [6, 6.07) is 0. The predicted molar refractivity (Wildman–Crippen MR) is 86.0 cm³/mol. The van der Waals surface area contributed by atoms with Crippen molar-refractivity contribution in [2.24, 2.45) is 5.92 Å². The third kappa shape index (κ3) is 4.60. The van der Waals surface area contributed by atoms with E-state index in [1.54, 1.807) is 5.57 Å². The minimum Gasteiger partial charge on any atom is -0.375 e. The van der Waals surface area contributed by atoms with E-state index in [0.29, 0.717) is 0 Å². The van der Waals surface area contributed by atoms with E-state index in [4.69, 9.17) is 4.74 Å². The summed E-state index contributed by atoms with van der Waals surface area (Å²) in [5.74, 6) is 0.761. The number of rotatable bonds is 4. The van der Waals surface area contributed by atoms with Crippen LogP contribution in [0, 0.1) is 5.92 Å². The maximum atomic E-state index is 6.14. The van der Waals surface area contributed by atoms with Crippen LogP contribution in [0.2, 0.25) is 0 Å². The second-order valence-corrected chi connectivity index (χ2v) is 7.84. The summed E-state index contributed by atoms with van der Waals surface area (Å²) in [5, 5.41) is 3.56. The highest BCUT2D eigenvalue weighted by atomic mass is 16.5. The molecule has 0 bridgehead atoms. The first-order valence-electron chi connectivity index (χ1n) is 8.46. The molecular weight excluding hydrogens is 246 g/mol. The third-order valence-electron chi connectivity index (χ3n) is 4.92. The lowest BCUT2D eigenvalue weighted by Crippen LogP contribution is -2.37. The van der Waals surface area contributed by atoms with Crippen molar-refractivity contribution >= 4 is 0 Å². The van der Waals surface area contributed by atoms with Crippen LogP contribution in [0.3, 0.4) is 0 Å². The highest BCUT2D eigenvalue weighted by Gasteiger charge is 2.39. The first-order chi connectivity index (χ1) is 9.40. The summed E-state index contributed by atoms with van der Waals surface area (Å²) in [4.78, 5) is 0. The first-order valence-corrected chi connectivity index (χ1v) is 8.46. The second kappa shape index (κ2) is 6.62. The maximum Gasteiger partial charge on any atom is 0.0688 e. The summed E-state index contributed by atoms with van der Waals surface area (Å²) in [6.45, 7) is 11.1. The van der Waals surface area contributed by atoms with Gasteiger partial charge in [-0.05, 0) is 72.3 Å². The van der Waals surface area contributed by atoms with Crippen molar-refractivity contribution < 1.29 is 4.74 Å². The van der Waals surface area contributed by atoms with Crippen molar-refractivity contribution in [3.8, 4) is 0 Å². The summed E-state index contributed by atoms with van der Waals surface area (Å²) < 4.78 is 6.14. The standard InChI is InChI=1S/C18H33NO/c1-15(8-7-12-19-17(2,3)4)16-9-13-20-18(14-16)10-5-6-11-18/h8,16,19H,5-7,9-14H2,1-4H3. The SMILES string of the molecule is CC(=CCCNC(C)(C)C)C1CCOC2(CCCC2)C1. The molecule has 1 N–H and O–H groups in total. The number of hydrogen-bond acceptors (Lipinski definition) is 2. The van der Waals surface area contributed by atoms with Crippen LogP contribution in [0.4, 0.5) is 0 Å². The van der Waals surface area contributed by atoms with Gasteiger partial charge < -0.3 is 10.1 Å². The van der Waals surface area contributed by atoms with Crippen LogP contribution in [-0.4, -0.2) is 24.3 Å². The third-order valence-corrected chi connectivity index (χ3v) is 4.92. The second-order valence-electron chi connectivity index (χ2n) is 7.84. The smallest absolute Gasteiger partial charge is 0.0688 e. The summed E-state index contributed by atoms with van der Waals surface area (Å²) in [5.41, 5.74) is 2.08. The van der Waals surface area contributed by atoms with E-state index < -0.39 is 0 Å². The molecule has 0 aromatic carbocycles. The van der Waals surface area contributed by atoms with Crippen LogP contribution in [-0.2, 0) is 4.74 Å². The molecule has 1 saturated heterocycles. The molecule has 2 nitrogen and oxygen atoms in total. The summed E-state index contributed by atoms with van der Waals surface area (Å²) in [6.07, 6.45) is 11.4. The van der Waals surface area contributed by atoms with E-state index in [1.807, 2.05) is 0 Å². The van der Waals surface area contributed by atoms with E-state index in [-0.39, 0.29) is 11.1 Å². The molecule has 0 aromatic heterocycles. The molecule has 20 heavy (non-hydrogen) atoms. The molecule has 2 fully saturated rings. The highest BCUT2D eigenvalue weighted by Crippen LogP contribution is 2.43. The largest absolute Gasteiger partial charge is 0.375 e. The number of allylic oxidation sites excluding steroid dienone is 1. The van der Waals surface area contributed by atoms with Crippen molar-refractivity contribution in [2.75, 3.05) is 13.2 Å². The van der Waals surface area contributed by atoms with Crippen LogP contribution < -0.4 is 5.32 Å². The molecule has 1 aliphatic heterocycles. The van der Waals surface area contributed by atoms with Gasteiger partial charge in [-0.1, -0.05) is 24.5 Å². The van der Waals surface area contributed by atoms with Crippen molar-refractivity contribution in [3.05, 3.63) is 11.6 Å². The van der Waals surface area contributed by atoms with Gasteiger partial charge in [0.15, 0.2) is 0 Å². The van der Waals surface area contributed by atoms with Crippen LogP contribution >= 0.6 is 0 Å². The van der Waals surface area contributed by atoms with Gasteiger partial charge in [0.25, 0.3) is 0 Å².